The van der Waals surface area contributed by atoms with Gasteiger partial charge in [-0.25, -0.2) is 8.42 Å². The lowest BCUT2D eigenvalue weighted by Gasteiger charge is -2.25. The molecule has 3 atom stereocenters. The number of nitro benzene ring substituents is 1. The summed E-state index contributed by atoms with van der Waals surface area (Å²) < 4.78 is 25.1. The van der Waals surface area contributed by atoms with Gasteiger partial charge in [0.05, 0.1) is 15.9 Å². The van der Waals surface area contributed by atoms with Gasteiger partial charge in [0.25, 0.3) is 5.69 Å². The Morgan fingerprint density at radius 1 is 0.968 bits per heavy atom. The Hall–Kier alpha value is -2.74. The van der Waals surface area contributed by atoms with Crippen molar-refractivity contribution in [2.45, 2.75) is 35.0 Å². The van der Waals surface area contributed by atoms with Gasteiger partial charge in [-0.2, -0.15) is 0 Å². The molecule has 6 nitrogen and oxygen atoms in total. The number of hydrogen-bond donors (Lipinski definition) is 1. The normalized spacial score (nSPS) is 14.5. The monoisotopic (exact) mass is 459 g/mol. The zero-order chi connectivity index (χ0) is 22.6. The van der Waals surface area contributed by atoms with E-state index in [4.69, 9.17) is 11.6 Å². The number of rotatable bonds is 8. The molecule has 0 amide bonds. The van der Waals surface area contributed by atoms with Crippen molar-refractivity contribution in [3.63, 3.8) is 0 Å². The minimum Gasteiger partial charge on any atom is -0.388 e. The first-order valence-corrected chi connectivity index (χ1v) is 11.6. The van der Waals surface area contributed by atoms with E-state index in [1.165, 1.54) is 30.3 Å². The third-order valence-electron chi connectivity index (χ3n) is 5.13. The molecule has 0 saturated carbocycles. The lowest BCUT2D eigenvalue weighted by atomic mass is 9.92. The number of nitro groups is 1. The molecule has 3 aromatic carbocycles. The summed E-state index contributed by atoms with van der Waals surface area (Å²) in [4.78, 5) is 10.6. The van der Waals surface area contributed by atoms with Crippen molar-refractivity contribution >= 4 is 27.1 Å². The molecule has 0 bridgehead atoms. The maximum atomic E-state index is 13.2. The van der Waals surface area contributed by atoms with Crippen LogP contribution in [-0.2, 0) is 9.84 Å². The number of nitrogens with zero attached hydrogens (tertiary/aromatic N) is 1. The Labute approximate surface area is 186 Å². The number of aryl methyl sites for hydroxylation is 1. The molecule has 0 aliphatic heterocycles. The van der Waals surface area contributed by atoms with Crippen molar-refractivity contribution in [1.82, 2.24) is 0 Å². The Balaban J connectivity index is 1.96. The Bertz CT molecular complexity index is 1150. The topological polar surface area (TPSA) is 97.5 Å². The molecule has 0 saturated heterocycles. The Morgan fingerprint density at radius 2 is 1.58 bits per heavy atom. The predicted molar refractivity (Wildman–Crippen MR) is 120 cm³/mol. The van der Waals surface area contributed by atoms with E-state index >= 15 is 0 Å². The molecule has 0 fully saturated rings. The van der Waals surface area contributed by atoms with Gasteiger partial charge in [0.2, 0.25) is 0 Å². The quantitative estimate of drug-likeness (QED) is 0.285. The molecule has 0 aliphatic rings. The van der Waals surface area contributed by atoms with E-state index in [1.54, 1.807) is 48.5 Å². The van der Waals surface area contributed by atoms with E-state index in [2.05, 4.69) is 0 Å². The first-order valence-electron chi connectivity index (χ1n) is 9.62. The maximum absolute atomic E-state index is 13.2. The largest absolute Gasteiger partial charge is 0.388 e. The molecule has 3 rings (SSSR count). The van der Waals surface area contributed by atoms with Gasteiger partial charge < -0.3 is 5.11 Å². The molecule has 31 heavy (non-hydrogen) atoms. The van der Waals surface area contributed by atoms with E-state index in [9.17, 15) is 23.6 Å². The fourth-order valence-corrected chi connectivity index (χ4v) is 5.42. The standard InChI is InChI=1S/C23H22ClNO5S/c1-16-10-12-20(13-11-16)31(29,30)23(24)21(17-6-3-2-4-7-17)15-22(26)18-8-5-9-19(14-18)25(27)28/h2-14,21-23,26H,15H2,1H3. The van der Waals surface area contributed by atoms with E-state index in [1.807, 2.05) is 6.92 Å². The number of halogens is 1. The van der Waals surface area contributed by atoms with Crippen LogP contribution in [0.3, 0.4) is 0 Å². The van der Waals surface area contributed by atoms with Gasteiger partial charge in [0.15, 0.2) is 9.84 Å². The SMILES string of the molecule is Cc1ccc(S(=O)(=O)C(Cl)C(CC(O)c2cccc([N+](=O)[O-])c2)c2ccccc2)cc1. The average Bonchev–Trinajstić information content (AvgIpc) is 2.77. The van der Waals surface area contributed by atoms with Crippen LogP contribution in [0.15, 0.2) is 83.8 Å². The fraction of sp³-hybridized carbons (Fsp3) is 0.217. The van der Waals surface area contributed by atoms with Gasteiger partial charge in [-0.15, -0.1) is 11.6 Å². The van der Waals surface area contributed by atoms with Crippen molar-refractivity contribution in [3.05, 3.63) is 106 Å². The smallest absolute Gasteiger partial charge is 0.269 e. The second kappa shape index (κ2) is 9.60. The van der Waals surface area contributed by atoms with Gasteiger partial charge in [0, 0.05) is 18.1 Å². The van der Waals surface area contributed by atoms with Crippen LogP contribution in [-0.4, -0.2) is 23.2 Å². The number of sulfone groups is 1. The van der Waals surface area contributed by atoms with Crippen molar-refractivity contribution in [2.24, 2.45) is 0 Å². The van der Waals surface area contributed by atoms with Crippen LogP contribution in [0.5, 0.6) is 0 Å². The average molecular weight is 460 g/mol. The summed E-state index contributed by atoms with van der Waals surface area (Å²) in [5, 5.41) is 21.9. The van der Waals surface area contributed by atoms with Crippen molar-refractivity contribution < 1.29 is 18.4 Å². The van der Waals surface area contributed by atoms with Gasteiger partial charge in [-0.1, -0.05) is 60.2 Å². The van der Waals surface area contributed by atoms with Crippen LogP contribution in [0.4, 0.5) is 5.69 Å². The number of aliphatic hydroxyl groups is 1. The zero-order valence-electron chi connectivity index (χ0n) is 16.8. The zero-order valence-corrected chi connectivity index (χ0v) is 18.3. The van der Waals surface area contributed by atoms with Crippen molar-refractivity contribution in [1.29, 1.82) is 0 Å². The summed E-state index contributed by atoms with van der Waals surface area (Å²) in [6, 6.07) is 20.9. The molecule has 0 radical (unpaired) electrons. The highest BCUT2D eigenvalue weighted by Gasteiger charge is 2.35. The van der Waals surface area contributed by atoms with Gasteiger partial charge >= 0.3 is 0 Å². The maximum Gasteiger partial charge on any atom is 0.269 e. The molecular formula is C23H22ClNO5S. The summed E-state index contributed by atoms with van der Waals surface area (Å²) in [5.41, 5.74) is 1.75. The van der Waals surface area contributed by atoms with Gasteiger partial charge in [0.1, 0.15) is 4.71 Å². The first-order chi connectivity index (χ1) is 14.7. The van der Waals surface area contributed by atoms with Crippen LogP contribution in [0.25, 0.3) is 0 Å². The third kappa shape index (κ3) is 5.31. The van der Waals surface area contributed by atoms with Crippen LogP contribution >= 0.6 is 11.6 Å². The molecule has 3 unspecified atom stereocenters. The first kappa shape index (κ1) is 22.9. The molecule has 0 aliphatic carbocycles. The summed E-state index contributed by atoms with van der Waals surface area (Å²) in [7, 11) is -3.91. The lowest BCUT2D eigenvalue weighted by Crippen LogP contribution is -2.25. The molecule has 8 heteroatoms. The summed E-state index contributed by atoms with van der Waals surface area (Å²) in [6.07, 6.45) is -1.16. The van der Waals surface area contributed by atoms with Crippen LogP contribution in [0.2, 0.25) is 0 Å². The summed E-state index contributed by atoms with van der Waals surface area (Å²) >= 11 is 6.55. The van der Waals surface area contributed by atoms with Crippen LogP contribution < -0.4 is 0 Å². The number of hydrogen-bond acceptors (Lipinski definition) is 5. The molecule has 162 valence electrons. The highest BCUT2D eigenvalue weighted by molar-refractivity contribution is 7.93. The second-order valence-corrected chi connectivity index (χ2v) is 10.1. The third-order valence-corrected chi connectivity index (χ3v) is 7.99. The molecular weight excluding hydrogens is 438 g/mol. The molecule has 0 aromatic heterocycles. The van der Waals surface area contributed by atoms with Gasteiger partial charge in [-0.3, -0.25) is 10.1 Å². The predicted octanol–water partition coefficient (Wildman–Crippen LogP) is 5.15. The Morgan fingerprint density at radius 3 is 2.19 bits per heavy atom. The highest BCUT2D eigenvalue weighted by atomic mass is 35.5. The lowest BCUT2D eigenvalue weighted by molar-refractivity contribution is -0.385. The van der Waals surface area contributed by atoms with Crippen molar-refractivity contribution in [2.75, 3.05) is 0 Å². The van der Waals surface area contributed by atoms with Crippen LogP contribution in [0, 0.1) is 17.0 Å². The number of alkyl halides is 1. The minimum absolute atomic E-state index is 0.0234. The van der Waals surface area contributed by atoms with E-state index < -0.39 is 31.5 Å². The number of non-ortho nitro benzene ring substituents is 1. The number of benzene rings is 3. The molecule has 1 N–H and O–H groups in total. The molecule has 0 heterocycles. The highest BCUT2D eigenvalue weighted by Crippen LogP contribution is 2.38. The summed E-state index contributed by atoms with van der Waals surface area (Å²) in [5.74, 6) is -0.747. The second-order valence-electron chi connectivity index (χ2n) is 7.33. The van der Waals surface area contributed by atoms with Crippen molar-refractivity contribution in [3.8, 4) is 0 Å². The number of aliphatic hydroxyl groups excluding tert-OH is 1. The fourth-order valence-electron chi connectivity index (χ4n) is 3.39. The summed E-state index contributed by atoms with van der Waals surface area (Å²) in [6.45, 7) is 1.86. The van der Waals surface area contributed by atoms with E-state index in [0.29, 0.717) is 11.1 Å². The Kier molecular flexibility index (Phi) is 7.10. The molecule has 3 aromatic rings. The minimum atomic E-state index is -3.91. The van der Waals surface area contributed by atoms with E-state index in [0.717, 1.165) is 5.56 Å². The van der Waals surface area contributed by atoms with Crippen LogP contribution in [0.1, 0.15) is 35.1 Å². The van der Waals surface area contributed by atoms with E-state index in [-0.39, 0.29) is 17.0 Å². The van der Waals surface area contributed by atoms with Gasteiger partial charge in [-0.05, 0) is 36.6 Å². The molecule has 0 spiro atoms.